The first-order valence-electron chi connectivity index (χ1n) is 6.84. The summed E-state index contributed by atoms with van der Waals surface area (Å²) in [4.78, 5) is 24.3. The molecule has 0 fully saturated rings. The zero-order valence-electron chi connectivity index (χ0n) is 12.5. The van der Waals surface area contributed by atoms with Gasteiger partial charge in [0.1, 0.15) is 5.82 Å². The molecule has 1 aromatic rings. The summed E-state index contributed by atoms with van der Waals surface area (Å²) in [6.45, 7) is 3.93. The summed E-state index contributed by atoms with van der Waals surface area (Å²) in [6, 6.07) is 3.99. The Balaban J connectivity index is 3.03. The summed E-state index contributed by atoms with van der Waals surface area (Å²) in [5.74, 6) is -2.11. The van der Waals surface area contributed by atoms with Crippen molar-refractivity contribution in [2.75, 3.05) is 7.05 Å². The molecule has 0 saturated carbocycles. The van der Waals surface area contributed by atoms with Crippen LogP contribution >= 0.6 is 0 Å². The summed E-state index contributed by atoms with van der Waals surface area (Å²) in [6.07, 6.45) is 4.05. The standard InChI is InChI=1S/C16H20FNO3/c1-4-5-11(2)18(3)16(21)13-10-12(6-8-14(13)17)7-9-15(19)20/h6-11H,4-5H2,1-3H3,(H,19,20). The molecule has 0 saturated heterocycles. The average molecular weight is 293 g/mol. The van der Waals surface area contributed by atoms with E-state index in [4.69, 9.17) is 5.11 Å². The average Bonchev–Trinajstić information content (AvgIpc) is 2.45. The van der Waals surface area contributed by atoms with Gasteiger partial charge in [0.2, 0.25) is 0 Å². The number of nitrogens with zero attached hydrogens (tertiary/aromatic N) is 1. The third kappa shape index (κ3) is 4.70. The van der Waals surface area contributed by atoms with Gasteiger partial charge < -0.3 is 10.0 Å². The van der Waals surface area contributed by atoms with Crippen molar-refractivity contribution in [3.63, 3.8) is 0 Å². The maximum atomic E-state index is 13.8. The molecule has 5 heteroatoms. The molecule has 0 bridgehead atoms. The van der Waals surface area contributed by atoms with Crippen LogP contribution in [0.5, 0.6) is 0 Å². The van der Waals surface area contributed by atoms with E-state index in [2.05, 4.69) is 0 Å². The third-order valence-electron chi connectivity index (χ3n) is 3.33. The molecule has 1 N–H and O–H groups in total. The molecule has 0 aliphatic heterocycles. The van der Waals surface area contributed by atoms with Crippen molar-refractivity contribution in [1.82, 2.24) is 4.90 Å². The number of benzene rings is 1. The quantitative estimate of drug-likeness (QED) is 0.819. The number of hydrogen-bond donors (Lipinski definition) is 1. The van der Waals surface area contributed by atoms with E-state index in [-0.39, 0.29) is 11.6 Å². The third-order valence-corrected chi connectivity index (χ3v) is 3.33. The number of carbonyl (C=O) groups excluding carboxylic acids is 1. The Hall–Kier alpha value is -2.17. The lowest BCUT2D eigenvalue weighted by molar-refractivity contribution is -0.131. The Labute approximate surface area is 123 Å². The number of carboxylic acids is 1. The van der Waals surface area contributed by atoms with E-state index in [1.54, 1.807) is 7.05 Å². The van der Waals surface area contributed by atoms with Gasteiger partial charge in [-0.2, -0.15) is 0 Å². The van der Waals surface area contributed by atoms with Gasteiger partial charge in [-0.25, -0.2) is 9.18 Å². The number of rotatable bonds is 6. The van der Waals surface area contributed by atoms with Crippen LogP contribution in [0, 0.1) is 5.82 Å². The van der Waals surface area contributed by atoms with Gasteiger partial charge in [0.15, 0.2) is 0 Å². The van der Waals surface area contributed by atoms with E-state index < -0.39 is 17.7 Å². The van der Waals surface area contributed by atoms with Crippen LogP contribution in [0.3, 0.4) is 0 Å². The van der Waals surface area contributed by atoms with Gasteiger partial charge in [-0.05, 0) is 37.1 Å². The Kier molecular flexibility index (Phi) is 6.09. The first kappa shape index (κ1) is 16.9. The van der Waals surface area contributed by atoms with E-state index in [0.29, 0.717) is 5.56 Å². The van der Waals surface area contributed by atoms with E-state index in [1.807, 2.05) is 13.8 Å². The predicted molar refractivity (Wildman–Crippen MR) is 79.5 cm³/mol. The highest BCUT2D eigenvalue weighted by molar-refractivity contribution is 5.95. The van der Waals surface area contributed by atoms with Gasteiger partial charge in [-0.15, -0.1) is 0 Å². The summed E-state index contributed by atoms with van der Waals surface area (Å²) < 4.78 is 13.8. The molecule has 0 aliphatic rings. The highest BCUT2D eigenvalue weighted by atomic mass is 19.1. The van der Waals surface area contributed by atoms with Gasteiger partial charge in [-0.1, -0.05) is 19.4 Å². The topological polar surface area (TPSA) is 57.6 Å². The number of carboxylic acid groups (broad SMARTS) is 1. The van der Waals surface area contributed by atoms with Gasteiger partial charge in [0.05, 0.1) is 5.56 Å². The Bertz CT molecular complexity index is 554. The lowest BCUT2D eigenvalue weighted by atomic mass is 10.1. The van der Waals surface area contributed by atoms with Crippen LogP contribution < -0.4 is 0 Å². The van der Waals surface area contributed by atoms with Crippen LogP contribution in [0.15, 0.2) is 24.3 Å². The molecule has 0 heterocycles. The fraction of sp³-hybridized carbons (Fsp3) is 0.375. The molecule has 0 radical (unpaired) electrons. The summed E-state index contributed by atoms with van der Waals surface area (Å²) in [5, 5.41) is 8.59. The van der Waals surface area contributed by atoms with Gasteiger partial charge >= 0.3 is 5.97 Å². The van der Waals surface area contributed by atoms with E-state index >= 15 is 0 Å². The molecular weight excluding hydrogens is 273 g/mol. The second-order valence-electron chi connectivity index (χ2n) is 4.96. The molecule has 1 amide bonds. The molecule has 1 unspecified atom stereocenters. The molecule has 4 nitrogen and oxygen atoms in total. The number of carbonyl (C=O) groups is 2. The number of halogens is 1. The van der Waals surface area contributed by atoms with Crippen molar-refractivity contribution in [2.45, 2.75) is 32.7 Å². The lowest BCUT2D eigenvalue weighted by Crippen LogP contribution is -2.35. The minimum atomic E-state index is -1.10. The SMILES string of the molecule is CCCC(C)N(C)C(=O)c1cc(C=CC(=O)O)ccc1F. The molecule has 21 heavy (non-hydrogen) atoms. The summed E-state index contributed by atoms with van der Waals surface area (Å²) in [7, 11) is 1.64. The zero-order chi connectivity index (χ0) is 16.0. The fourth-order valence-electron chi connectivity index (χ4n) is 1.98. The molecule has 1 aromatic carbocycles. The van der Waals surface area contributed by atoms with Crippen molar-refractivity contribution in [1.29, 1.82) is 0 Å². The van der Waals surface area contributed by atoms with Gasteiger partial charge in [0, 0.05) is 19.2 Å². The molecular formula is C16H20FNO3. The monoisotopic (exact) mass is 293 g/mol. The molecule has 0 spiro atoms. The van der Waals surface area contributed by atoms with Crippen LogP contribution in [0.25, 0.3) is 6.08 Å². The van der Waals surface area contributed by atoms with E-state index in [9.17, 15) is 14.0 Å². The minimum Gasteiger partial charge on any atom is -0.478 e. The Morgan fingerprint density at radius 3 is 2.67 bits per heavy atom. The largest absolute Gasteiger partial charge is 0.478 e. The highest BCUT2D eigenvalue weighted by Gasteiger charge is 2.20. The number of amides is 1. The summed E-state index contributed by atoms with van der Waals surface area (Å²) >= 11 is 0. The van der Waals surface area contributed by atoms with E-state index in [0.717, 1.165) is 18.9 Å². The molecule has 1 rings (SSSR count). The minimum absolute atomic E-state index is 0.0140. The van der Waals surface area contributed by atoms with E-state index in [1.165, 1.54) is 29.2 Å². The zero-order valence-corrected chi connectivity index (χ0v) is 12.5. The maximum absolute atomic E-state index is 13.8. The normalized spacial score (nSPS) is 12.4. The summed E-state index contributed by atoms with van der Waals surface area (Å²) in [5.41, 5.74) is 0.423. The molecule has 0 aliphatic carbocycles. The first-order chi connectivity index (χ1) is 9.86. The van der Waals surface area contributed by atoms with Crippen LogP contribution in [0.1, 0.15) is 42.6 Å². The van der Waals surface area contributed by atoms with Gasteiger partial charge in [0.25, 0.3) is 5.91 Å². The number of hydrogen-bond acceptors (Lipinski definition) is 2. The van der Waals surface area contributed by atoms with Crippen molar-refractivity contribution < 1.29 is 19.1 Å². The second kappa shape index (κ2) is 7.57. The Morgan fingerprint density at radius 1 is 1.43 bits per heavy atom. The predicted octanol–water partition coefficient (Wildman–Crippen LogP) is 3.18. The molecule has 0 aromatic heterocycles. The molecule has 1 atom stereocenters. The van der Waals surface area contributed by atoms with Gasteiger partial charge in [-0.3, -0.25) is 4.79 Å². The second-order valence-corrected chi connectivity index (χ2v) is 4.96. The van der Waals surface area contributed by atoms with Crippen LogP contribution in [-0.2, 0) is 4.79 Å². The van der Waals surface area contributed by atoms with Crippen molar-refractivity contribution in [2.24, 2.45) is 0 Å². The van der Waals surface area contributed by atoms with Crippen LogP contribution in [0.4, 0.5) is 4.39 Å². The first-order valence-corrected chi connectivity index (χ1v) is 6.84. The van der Waals surface area contributed by atoms with Crippen molar-refractivity contribution in [3.8, 4) is 0 Å². The maximum Gasteiger partial charge on any atom is 0.328 e. The molecule has 114 valence electrons. The fourth-order valence-corrected chi connectivity index (χ4v) is 1.98. The van der Waals surface area contributed by atoms with Crippen molar-refractivity contribution in [3.05, 3.63) is 41.2 Å². The smallest absolute Gasteiger partial charge is 0.328 e. The lowest BCUT2D eigenvalue weighted by Gasteiger charge is -2.25. The van der Waals surface area contributed by atoms with Crippen LogP contribution in [-0.4, -0.2) is 35.0 Å². The Morgan fingerprint density at radius 2 is 2.10 bits per heavy atom. The van der Waals surface area contributed by atoms with Crippen LogP contribution in [0.2, 0.25) is 0 Å². The highest BCUT2D eigenvalue weighted by Crippen LogP contribution is 2.16. The van der Waals surface area contributed by atoms with Crippen molar-refractivity contribution >= 4 is 18.0 Å². The number of aliphatic carboxylic acids is 1.